The van der Waals surface area contributed by atoms with Crippen LogP contribution in [-0.2, 0) is 19.0 Å². The molecule has 0 aromatic rings. The third-order valence-corrected chi connectivity index (χ3v) is 4.40. The first kappa shape index (κ1) is 11.6. The van der Waals surface area contributed by atoms with Crippen LogP contribution in [0, 0.1) is 5.92 Å². The van der Waals surface area contributed by atoms with Crippen molar-refractivity contribution in [3.63, 3.8) is 0 Å². The Morgan fingerprint density at radius 3 is 2.47 bits per heavy atom. The third-order valence-electron chi connectivity index (χ3n) is 4.40. The summed E-state index contributed by atoms with van der Waals surface area (Å²) in [6.45, 7) is 9.69. The van der Waals surface area contributed by atoms with Gasteiger partial charge in [0.2, 0.25) is 0 Å². The molecule has 0 aliphatic carbocycles. The summed E-state index contributed by atoms with van der Waals surface area (Å²) in [5, 5.41) is 0. The SMILES string of the molecule is C[C@@H]1CC(=O)[C@@]2(C)O[C@@H]1[C@]1(C)OC(C)(C)O[C@@H]12. The van der Waals surface area contributed by atoms with E-state index in [1.807, 2.05) is 34.6 Å². The Hall–Kier alpha value is -0.450. The summed E-state index contributed by atoms with van der Waals surface area (Å²) in [6, 6.07) is 0. The molecule has 0 saturated carbocycles. The van der Waals surface area contributed by atoms with Gasteiger partial charge in [-0.15, -0.1) is 0 Å². The van der Waals surface area contributed by atoms with Crippen molar-refractivity contribution in [3.05, 3.63) is 0 Å². The predicted octanol–water partition coefficient (Wildman–Crippen LogP) is 1.66. The molecule has 3 rings (SSSR count). The maximum atomic E-state index is 12.2. The molecule has 4 heteroatoms. The molecular formula is C13H20O4. The summed E-state index contributed by atoms with van der Waals surface area (Å²) in [5.74, 6) is -0.320. The van der Waals surface area contributed by atoms with Gasteiger partial charge in [0.1, 0.15) is 11.7 Å². The molecule has 3 fully saturated rings. The molecule has 0 radical (unpaired) electrons. The highest BCUT2D eigenvalue weighted by Gasteiger charge is 2.72. The topological polar surface area (TPSA) is 44.8 Å². The van der Waals surface area contributed by atoms with Gasteiger partial charge < -0.3 is 14.2 Å². The quantitative estimate of drug-likeness (QED) is 0.646. The molecule has 2 bridgehead atoms. The highest BCUT2D eigenvalue weighted by Crippen LogP contribution is 2.56. The first-order chi connectivity index (χ1) is 7.69. The van der Waals surface area contributed by atoms with E-state index in [1.54, 1.807) is 0 Å². The van der Waals surface area contributed by atoms with Crippen LogP contribution >= 0.6 is 0 Å². The molecule has 17 heavy (non-hydrogen) atoms. The van der Waals surface area contributed by atoms with Crippen LogP contribution in [0.15, 0.2) is 0 Å². The summed E-state index contributed by atoms with van der Waals surface area (Å²) in [4.78, 5) is 12.2. The van der Waals surface area contributed by atoms with Crippen LogP contribution in [-0.4, -0.2) is 35.0 Å². The standard InChI is InChI=1S/C13H20O4/c1-7-6-8(14)12(4)10-13(5,9(7)15-12)17-11(2,3)16-10/h7,9-10H,6H2,1-5H3/t7-,9+,10-,12-,13+/m1/s1. The second kappa shape index (κ2) is 2.92. The van der Waals surface area contributed by atoms with Gasteiger partial charge in [-0.05, 0) is 33.6 Å². The molecule has 0 aromatic heterocycles. The van der Waals surface area contributed by atoms with E-state index in [9.17, 15) is 4.79 Å². The van der Waals surface area contributed by atoms with Crippen LogP contribution in [0.5, 0.6) is 0 Å². The zero-order valence-corrected chi connectivity index (χ0v) is 11.1. The normalized spacial score (nSPS) is 56.1. The summed E-state index contributed by atoms with van der Waals surface area (Å²) >= 11 is 0. The second-order valence-corrected chi connectivity index (χ2v) is 6.43. The van der Waals surface area contributed by atoms with Gasteiger partial charge in [0.15, 0.2) is 17.2 Å². The number of ketones is 1. The van der Waals surface area contributed by atoms with Crippen molar-refractivity contribution in [1.82, 2.24) is 0 Å². The Morgan fingerprint density at radius 2 is 1.82 bits per heavy atom. The van der Waals surface area contributed by atoms with E-state index in [1.165, 1.54) is 0 Å². The molecule has 0 N–H and O–H groups in total. The lowest BCUT2D eigenvalue weighted by molar-refractivity contribution is -0.230. The van der Waals surface area contributed by atoms with Gasteiger partial charge in [0, 0.05) is 6.42 Å². The highest BCUT2D eigenvalue weighted by atomic mass is 16.8. The third kappa shape index (κ3) is 1.26. The average Bonchev–Trinajstić information content (AvgIpc) is 2.52. The number of carbonyl (C=O) groups excluding carboxylic acids is 1. The first-order valence-corrected chi connectivity index (χ1v) is 6.28. The summed E-state index contributed by atoms with van der Waals surface area (Å²) in [7, 11) is 0. The van der Waals surface area contributed by atoms with Crippen molar-refractivity contribution < 1.29 is 19.0 Å². The monoisotopic (exact) mass is 240 g/mol. The van der Waals surface area contributed by atoms with Crippen LogP contribution in [0.2, 0.25) is 0 Å². The molecule has 0 unspecified atom stereocenters. The number of hydrogen-bond acceptors (Lipinski definition) is 4. The minimum absolute atomic E-state index is 0.0584. The lowest BCUT2D eigenvalue weighted by atomic mass is 9.87. The van der Waals surface area contributed by atoms with Gasteiger partial charge in [-0.1, -0.05) is 6.92 Å². The maximum Gasteiger partial charge on any atom is 0.167 e. The number of ether oxygens (including phenoxy) is 3. The number of Topliss-reactive ketones (excluding diaryl/α,β-unsaturated/α-hetero) is 1. The molecular weight excluding hydrogens is 220 g/mol. The van der Waals surface area contributed by atoms with E-state index < -0.39 is 17.0 Å². The molecule has 0 amide bonds. The summed E-state index contributed by atoms with van der Waals surface area (Å²) < 4.78 is 18.0. The van der Waals surface area contributed by atoms with Crippen molar-refractivity contribution in [2.24, 2.45) is 5.92 Å². The van der Waals surface area contributed by atoms with Gasteiger partial charge in [-0.3, -0.25) is 4.79 Å². The highest BCUT2D eigenvalue weighted by molar-refractivity contribution is 5.90. The molecule has 3 saturated heterocycles. The van der Waals surface area contributed by atoms with Gasteiger partial charge in [0.05, 0.1) is 6.10 Å². The fraction of sp³-hybridized carbons (Fsp3) is 0.923. The number of hydrogen-bond donors (Lipinski definition) is 0. The number of carbonyl (C=O) groups is 1. The molecule has 3 aliphatic rings. The van der Waals surface area contributed by atoms with Crippen LogP contribution in [0.4, 0.5) is 0 Å². The minimum atomic E-state index is -0.834. The molecule has 3 aliphatic heterocycles. The van der Waals surface area contributed by atoms with Crippen molar-refractivity contribution in [2.75, 3.05) is 0 Å². The Balaban J connectivity index is 2.09. The van der Waals surface area contributed by atoms with Crippen LogP contribution < -0.4 is 0 Å². The zero-order chi connectivity index (χ0) is 12.6. The van der Waals surface area contributed by atoms with Crippen molar-refractivity contribution >= 4 is 5.78 Å². The second-order valence-electron chi connectivity index (χ2n) is 6.43. The Kier molecular flexibility index (Phi) is 2.00. The fourth-order valence-corrected chi connectivity index (χ4v) is 3.81. The number of fused-ring (bicyclic) bond motifs is 5. The van der Waals surface area contributed by atoms with Crippen molar-refractivity contribution in [1.29, 1.82) is 0 Å². The van der Waals surface area contributed by atoms with E-state index in [0.29, 0.717) is 6.42 Å². The van der Waals surface area contributed by atoms with E-state index >= 15 is 0 Å². The van der Waals surface area contributed by atoms with Crippen molar-refractivity contribution in [3.8, 4) is 0 Å². The Morgan fingerprint density at radius 1 is 1.18 bits per heavy atom. The van der Waals surface area contributed by atoms with Gasteiger partial charge >= 0.3 is 0 Å². The van der Waals surface area contributed by atoms with Crippen LogP contribution in [0.25, 0.3) is 0 Å². The molecule has 0 aromatic carbocycles. The van der Waals surface area contributed by atoms with E-state index in [-0.39, 0.29) is 23.9 Å². The Bertz CT molecular complexity index is 391. The maximum absolute atomic E-state index is 12.2. The van der Waals surface area contributed by atoms with E-state index in [0.717, 1.165) is 0 Å². The van der Waals surface area contributed by atoms with Gasteiger partial charge in [-0.25, -0.2) is 0 Å². The predicted molar refractivity (Wildman–Crippen MR) is 60.5 cm³/mol. The molecule has 0 spiro atoms. The average molecular weight is 240 g/mol. The van der Waals surface area contributed by atoms with Crippen LogP contribution in [0.3, 0.4) is 0 Å². The lowest BCUT2D eigenvalue weighted by Crippen LogP contribution is -2.50. The molecule has 96 valence electrons. The smallest absolute Gasteiger partial charge is 0.167 e. The largest absolute Gasteiger partial charge is 0.358 e. The van der Waals surface area contributed by atoms with Gasteiger partial charge in [-0.2, -0.15) is 0 Å². The van der Waals surface area contributed by atoms with Gasteiger partial charge in [0.25, 0.3) is 0 Å². The number of rotatable bonds is 0. The Labute approximate surface area is 102 Å². The fourth-order valence-electron chi connectivity index (χ4n) is 3.81. The summed E-state index contributed by atoms with van der Waals surface area (Å²) in [6.07, 6.45) is 0.199. The summed E-state index contributed by atoms with van der Waals surface area (Å²) in [5.41, 5.74) is -1.34. The van der Waals surface area contributed by atoms with E-state index in [4.69, 9.17) is 14.2 Å². The van der Waals surface area contributed by atoms with Crippen LogP contribution in [0.1, 0.15) is 41.0 Å². The lowest BCUT2D eigenvalue weighted by Gasteiger charge is -2.37. The van der Waals surface area contributed by atoms with E-state index in [2.05, 4.69) is 0 Å². The molecule has 5 atom stereocenters. The molecule has 4 nitrogen and oxygen atoms in total. The molecule has 3 heterocycles. The first-order valence-electron chi connectivity index (χ1n) is 6.28. The minimum Gasteiger partial charge on any atom is -0.358 e. The zero-order valence-electron chi connectivity index (χ0n) is 11.1. The van der Waals surface area contributed by atoms with Crippen molar-refractivity contribution in [2.45, 2.75) is 70.2 Å².